The number of carboxylic acid groups (broad SMARTS) is 1. The maximum absolute atomic E-state index is 13.4. The molecule has 0 saturated heterocycles. The highest BCUT2D eigenvalue weighted by atomic mass is 35.5. The number of halogens is 2. The van der Waals surface area contributed by atoms with Crippen molar-refractivity contribution in [1.29, 1.82) is 0 Å². The molecule has 1 unspecified atom stereocenters. The van der Waals surface area contributed by atoms with E-state index in [0.29, 0.717) is 35.0 Å². The summed E-state index contributed by atoms with van der Waals surface area (Å²) in [5.74, 6) is -0.401. The average molecular weight is 498 g/mol. The Hall–Kier alpha value is -3.02. The highest BCUT2D eigenvalue weighted by Gasteiger charge is 2.35. The maximum atomic E-state index is 13.4. The summed E-state index contributed by atoms with van der Waals surface area (Å²) in [5, 5.41) is 10.5. The molecule has 34 heavy (non-hydrogen) atoms. The van der Waals surface area contributed by atoms with Crippen LogP contribution in [0.4, 0.5) is 0 Å². The van der Waals surface area contributed by atoms with E-state index in [0.717, 1.165) is 22.4 Å². The summed E-state index contributed by atoms with van der Waals surface area (Å²) >= 11 is 12.0. The minimum absolute atomic E-state index is 0.110. The van der Waals surface area contributed by atoms with Crippen molar-refractivity contribution in [3.8, 4) is 5.75 Å². The predicted molar refractivity (Wildman–Crippen MR) is 133 cm³/mol. The Morgan fingerprint density at radius 2 is 1.59 bits per heavy atom. The molecule has 7 heteroatoms. The van der Waals surface area contributed by atoms with Crippen LogP contribution in [-0.4, -0.2) is 34.0 Å². The summed E-state index contributed by atoms with van der Waals surface area (Å²) in [5.41, 5.74) is 3.05. The molecule has 0 aromatic heterocycles. The third-order valence-corrected chi connectivity index (χ3v) is 6.39. The van der Waals surface area contributed by atoms with Crippen LogP contribution in [0, 0.1) is 0 Å². The van der Waals surface area contributed by atoms with Gasteiger partial charge >= 0.3 is 5.97 Å². The van der Waals surface area contributed by atoms with Gasteiger partial charge in [-0.2, -0.15) is 0 Å². The van der Waals surface area contributed by atoms with Crippen molar-refractivity contribution >= 4 is 35.1 Å². The van der Waals surface area contributed by atoms with Gasteiger partial charge in [-0.1, -0.05) is 47.5 Å². The molecule has 1 N–H and O–H groups in total. The zero-order valence-corrected chi connectivity index (χ0v) is 20.3. The molecule has 1 heterocycles. The van der Waals surface area contributed by atoms with Gasteiger partial charge in [-0.25, -0.2) is 0 Å². The SMILES string of the molecule is CC1(Cc2ccc(Cl)cc2)Cc2cc(C(=O)N(CCC(=O)O)Cc3ccc(Cl)cc3)ccc2O1. The summed E-state index contributed by atoms with van der Waals surface area (Å²) in [6.07, 6.45) is 1.24. The number of aliphatic carboxylic acids is 1. The molecule has 0 radical (unpaired) electrons. The number of carboxylic acids is 1. The molecule has 0 spiro atoms. The zero-order chi connectivity index (χ0) is 24.3. The molecule has 176 valence electrons. The molecule has 3 aromatic carbocycles. The number of hydrogen-bond donors (Lipinski definition) is 1. The second-order valence-electron chi connectivity index (χ2n) is 8.85. The van der Waals surface area contributed by atoms with E-state index >= 15 is 0 Å². The quantitative estimate of drug-likeness (QED) is 0.411. The van der Waals surface area contributed by atoms with Gasteiger partial charge in [0.15, 0.2) is 0 Å². The third kappa shape index (κ3) is 5.91. The monoisotopic (exact) mass is 497 g/mol. The third-order valence-electron chi connectivity index (χ3n) is 5.89. The summed E-state index contributed by atoms with van der Waals surface area (Å²) in [6, 6.07) is 20.3. The van der Waals surface area contributed by atoms with Gasteiger partial charge in [0.1, 0.15) is 11.4 Å². The van der Waals surface area contributed by atoms with Crippen molar-refractivity contribution in [2.24, 2.45) is 0 Å². The summed E-state index contributed by atoms with van der Waals surface area (Å²) in [7, 11) is 0. The van der Waals surface area contributed by atoms with Crippen LogP contribution in [-0.2, 0) is 24.2 Å². The molecule has 1 aliphatic rings. The Balaban J connectivity index is 1.51. The molecule has 1 atom stereocenters. The standard InChI is InChI=1S/C27H25Cl2NO4/c1-27(15-18-2-7-22(28)8-3-18)16-21-14-20(6-11-24(21)34-27)26(33)30(13-12-25(31)32)17-19-4-9-23(29)10-5-19/h2-11,14H,12-13,15-17H2,1H3,(H,31,32). The van der Waals surface area contributed by atoms with Crippen LogP contribution in [0.3, 0.4) is 0 Å². The van der Waals surface area contributed by atoms with Gasteiger partial charge in [-0.3, -0.25) is 9.59 Å². The number of fused-ring (bicyclic) bond motifs is 1. The first kappa shape index (κ1) is 24.1. The second-order valence-corrected chi connectivity index (χ2v) is 9.72. The molecule has 1 aliphatic heterocycles. The first-order chi connectivity index (χ1) is 16.2. The lowest BCUT2D eigenvalue weighted by Crippen LogP contribution is -2.33. The summed E-state index contributed by atoms with van der Waals surface area (Å²) < 4.78 is 6.26. The first-order valence-electron chi connectivity index (χ1n) is 11.0. The Morgan fingerprint density at radius 3 is 2.21 bits per heavy atom. The lowest BCUT2D eigenvalue weighted by atomic mass is 9.91. The number of carbonyl (C=O) groups excluding carboxylic acids is 1. The van der Waals surface area contributed by atoms with E-state index in [9.17, 15) is 9.59 Å². The number of benzene rings is 3. The minimum Gasteiger partial charge on any atom is -0.487 e. The first-order valence-corrected chi connectivity index (χ1v) is 11.8. The fraction of sp³-hybridized carbons (Fsp3) is 0.259. The highest BCUT2D eigenvalue weighted by molar-refractivity contribution is 6.30. The van der Waals surface area contributed by atoms with Crippen LogP contribution in [0.25, 0.3) is 0 Å². The van der Waals surface area contributed by atoms with E-state index in [4.69, 9.17) is 33.0 Å². The molecule has 1 amide bonds. The van der Waals surface area contributed by atoms with Crippen molar-refractivity contribution in [1.82, 2.24) is 4.90 Å². The lowest BCUT2D eigenvalue weighted by molar-refractivity contribution is -0.137. The van der Waals surface area contributed by atoms with Crippen molar-refractivity contribution in [3.63, 3.8) is 0 Å². The molecule has 5 nitrogen and oxygen atoms in total. The smallest absolute Gasteiger partial charge is 0.305 e. The van der Waals surface area contributed by atoms with Gasteiger partial charge in [-0.15, -0.1) is 0 Å². The van der Waals surface area contributed by atoms with E-state index < -0.39 is 11.6 Å². The molecule has 0 saturated carbocycles. The van der Waals surface area contributed by atoms with Gasteiger partial charge in [0.25, 0.3) is 5.91 Å². The van der Waals surface area contributed by atoms with Crippen LogP contribution >= 0.6 is 23.2 Å². The van der Waals surface area contributed by atoms with Gasteiger partial charge in [0.2, 0.25) is 0 Å². The summed E-state index contributed by atoms with van der Waals surface area (Å²) in [4.78, 5) is 26.1. The lowest BCUT2D eigenvalue weighted by Gasteiger charge is -2.24. The minimum atomic E-state index is -0.950. The van der Waals surface area contributed by atoms with Crippen LogP contribution in [0.1, 0.15) is 40.4 Å². The molecule has 0 fully saturated rings. The summed E-state index contributed by atoms with van der Waals surface area (Å²) in [6.45, 7) is 2.46. The number of carbonyl (C=O) groups is 2. The highest BCUT2D eigenvalue weighted by Crippen LogP contribution is 2.38. The molecule has 0 aliphatic carbocycles. The Bertz CT molecular complexity index is 1190. The van der Waals surface area contributed by atoms with Gasteiger partial charge in [-0.05, 0) is 66.1 Å². The van der Waals surface area contributed by atoms with Crippen molar-refractivity contribution < 1.29 is 19.4 Å². The number of ether oxygens (including phenoxy) is 1. The molecular weight excluding hydrogens is 473 g/mol. The van der Waals surface area contributed by atoms with Crippen molar-refractivity contribution in [2.75, 3.05) is 6.54 Å². The largest absolute Gasteiger partial charge is 0.487 e. The van der Waals surface area contributed by atoms with Gasteiger partial charge < -0.3 is 14.7 Å². The van der Waals surface area contributed by atoms with Crippen molar-refractivity contribution in [2.45, 2.75) is 38.3 Å². The second kappa shape index (κ2) is 10.1. The van der Waals surface area contributed by atoms with E-state index in [1.807, 2.05) is 48.5 Å². The van der Waals surface area contributed by atoms with Crippen LogP contribution < -0.4 is 4.74 Å². The topological polar surface area (TPSA) is 66.8 Å². The normalized spacial score (nSPS) is 16.6. The fourth-order valence-corrected chi connectivity index (χ4v) is 4.52. The molecule has 3 aromatic rings. The number of hydrogen-bond acceptors (Lipinski definition) is 3. The number of amides is 1. The van der Waals surface area contributed by atoms with E-state index in [1.54, 1.807) is 23.1 Å². The zero-order valence-electron chi connectivity index (χ0n) is 18.8. The van der Waals surface area contributed by atoms with E-state index in [2.05, 4.69) is 6.92 Å². The van der Waals surface area contributed by atoms with Gasteiger partial charge in [0, 0.05) is 41.5 Å². The Kier molecular flexibility index (Phi) is 7.15. The average Bonchev–Trinajstić information content (AvgIpc) is 3.13. The molecule has 4 rings (SSSR count). The van der Waals surface area contributed by atoms with Gasteiger partial charge in [0.05, 0.1) is 6.42 Å². The maximum Gasteiger partial charge on any atom is 0.305 e. The number of rotatable bonds is 8. The van der Waals surface area contributed by atoms with Crippen LogP contribution in [0.2, 0.25) is 10.0 Å². The Labute approximate surface area is 208 Å². The Morgan fingerprint density at radius 1 is 0.971 bits per heavy atom. The predicted octanol–water partition coefficient (Wildman–Crippen LogP) is 6.05. The van der Waals surface area contributed by atoms with E-state index in [1.165, 1.54) is 0 Å². The molecule has 0 bridgehead atoms. The van der Waals surface area contributed by atoms with Crippen LogP contribution in [0.5, 0.6) is 5.75 Å². The fourth-order valence-electron chi connectivity index (χ4n) is 4.26. The van der Waals surface area contributed by atoms with Crippen LogP contribution in [0.15, 0.2) is 66.7 Å². The number of nitrogens with zero attached hydrogens (tertiary/aromatic N) is 1. The van der Waals surface area contributed by atoms with Crippen molar-refractivity contribution in [3.05, 3.63) is 99.0 Å². The molecular formula is C27H25Cl2NO4. The van der Waals surface area contributed by atoms with E-state index in [-0.39, 0.29) is 18.9 Å².